The molecule has 0 atom stereocenters. The van der Waals surface area contributed by atoms with Crippen LogP contribution in [0.2, 0.25) is 10.8 Å². The van der Waals surface area contributed by atoms with E-state index in [2.05, 4.69) is 89.2 Å². The summed E-state index contributed by atoms with van der Waals surface area (Å²) in [6.07, 6.45) is 30.7. The van der Waals surface area contributed by atoms with Gasteiger partial charge in [-0.25, -0.2) is 4.70 Å². The summed E-state index contributed by atoms with van der Waals surface area (Å²) in [6, 6.07) is 17.0. The molecule has 3 heteroatoms. The Labute approximate surface area is 297 Å². The average Bonchev–Trinajstić information content (AvgIpc) is 3.44. The maximum atomic E-state index is 11.1. The second-order valence-electron chi connectivity index (χ2n) is 13.4. The molecule has 0 spiro atoms. The molecule has 0 saturated heterocycles. The first kappa shape index (κ1) is 41.2. The summed E-state index contributed by atoms with van der Waals surface area (Å²) >= 11 is 2.02. The number of benzene rings is 2. The number of allylic oxidation sites excluding steroid dienone is 2. The Hall–Kier alpha value is -1.99. The van der Waals surface area contributed by atoms with Crippen LogP contribution in [0.25, 0.3) is 16.9 Å². The monoisotopic (exact) mass is 684 g/mol. The second-order valence-corrected chi connectivity index (χ2v) is 14.8. The van der Waals surface area contributed by atoms with Crippen molar-refractivity contribution in [1.82, 2.24) is 0 Å². The Bertz CT molecular complexity index is 1160. The van der Waals surface area contributed by atoms with E-state index in [0.29, 0.717) is 0 Å². The molecule has 3 rings (SSSR count). The first-order chi connectivity index (χ1) is 23.1. The molecule has 2 aromatic carbocycles. The molecule has 0 N–H and O–H groups in total. The van der Waals surface area contributed by atoms with Gasteiger partial charge in [0.05, 0.1) is 0 Å². The van der Waals surface area contributed by atoms with Crippen molar-refractivity contribution in [3.63, 3.8) is 0 Å². The van der Waals surface area contributed by atoms with Gasteiger partial charge in [0, 0.05) is 22.8 Å². The van der Waals surface area contributed by atoms with Gasteiger partial charge in [0.2, 0.25) is 11.4 Å². The Kier molecular flexibility index (Phi) is 23.6. The molecule has 0 fully saturated rings. The third-order valence-electron chi connectivity index (χ3n) is 9.25. The van der Waals surface area contributed by atoms with Crippen LogP contribution in [0, 0.1) is 0 Å². The Balaban J connectivity index is 0.000000336. The van der Waals surface area contributed by atoms with E-state index in [4.69, 9.17) is 0 Å². The van der Waals surface area contributed by atoms with Crippen LogP contribution >= 0.6 is 0 Å². The summed E-state index contributed by atoms with van der Waals surface area (Å²) in [4.78, 5) is 0. The third kappa shape index (κ3) is 16.8. The topological polar surface area (TPSA) is 25.3 Å². The molecule has 1 heterocycles. The van der Waals surface area contributed by atoms with Crippen molar-refractivity contribution in [3.05, 3.63) is 88.0 Å². The second kappa shape index (κ2) is 26.9. The van der Waals surface area contributed by atoms with Crippen molar-refractivity contribution < 1.29 is 19.1 Å². The minimum atomic E-state index is 0.878. The van der Waals surface area contributed by atoms with Crippen LogP contribution in [0.4, 0.5) is 0 Å². The van der Waals surface area contributed by atoms with E-state index in [1.165, 1.54) is 135 Å². The molecule has 47 heavy (non-hydrogen) atoms. The zero-order valence-corrected chi connectivity index (χ0v) is 32.2. The van der Waals surface area contributed by atoms with Crippen molar-refractivity contribution in [3.8, 4) is 0 Å². The summed E-state index contributed by atoms with van der Waals surface area (Å²) in [5.41, 5.74) is 18.8. The predicted molar refractivity (Wildman–Crippen MR) is 205 cm³/mol. The molecule has 0 bridgehead atoms. The molecule has 0 amide bonds. The molecular formula is C44H70N2Ni. The van der Waals surface area contributed by atoms with Gasteiger partial charge in [-0.3, -0.25) is 0 Å². The molecule has 1 aliphatic heterocycles. The van der Waals surface area contributed by atoms with Gasteiger partial charge in [-0.15, -0.1) is 0 Å². The van der Waals surface area contributed by atoms with Crippen molar-refractivity contribution in [2.24, 2.45) is 0 Å². The first-order valence-electron chi connectivity index (χ1n) is 19.7. The van der Waals surface area contributed by atoms with E-state index >= 15 is 0 Å². The van der Waals surface area contributed by atoms with Gasteiger partial charge < -0.3 is 5.53 Å². The number of rotatable bonds is 25. The van der Waals surface area contributed by atoms with E-state index in [1.54, 1.807) is 0 Å². The van der Waals surface area contributed by atoms with Crippen LogP contribution < -0.4 is 0 Å². The van der Waals surface area contributed by atoms with Crippen molar-refractivity contribution in [2.45, 2.75) is 180 Å². The Morgan fingerprint density at radius 1 is 0.532 bits per heavy atom. The molecule has 0 aliphatic carbocycles. The molecule has 0 aromatic heterocycles. The summed E-state index contributed by atoms with van der Waals surface area (Å²) in [5.74, 6) is 0. The number of unbranched alkanes of at least 4 members (excludes halogenated alkanes) is 15. The fourth-order valence-corrected chi connectivity index (χ4v) is 7.41. The van der Waals surface area contributed by atoms with Gasteiger partial charge in [0.1, 0.15) is 0 Å². The zero-order chi connectivity index (χ0) is 34.0. The number of hydrogen-bond donors (Lipinski definition) is 0. The summed E-state index contributed by atoms with van der Waals surface area (Å²) < 4.78 is 1.40. The SMILES string of the molecule is CCCCC1=C(c2cccc(CC)c2)[N+](=[N-])C(c2cccc(CC)c2)=C1.CCCCCCCCC[CH2][Ni][CH2]CCCCCCCCC. The first-order valence-corrected chi connectivity index (χ1v) is 21.1. The number of aryl methyl sites for hydroxylation is 2. The van der Waals surface area contributed by atoms with Crippen LogP contribution in [0.5, 0.6) is 0 Å². The van der Waals surface area contributed by atoms with E-state index in [1.807, 2.05) is 14.4 Å². The molecule has 0 saturated carbocycles. The fourth-order valence-electron chi connectivity index (χ4n) is 6.17. The molecule has 266 valence electrons. The molecular weight excluding hydrogens is 615 g/mol. The van der Waals surface area contributed by atoms with Crippen molar-refractivity contribution >= 4 is 11.4 Å². The van der Waals surface area contributed by atoms with Gasteiger partial charge in [-0.2, -0.15) is 0 Å². The zero-order valence-electron chi connectivity index (χ0n) is 31.2. The summed E-state index contributed by atoms with van der Waals surface area (Å²) in [5, 5.41) is 2.86. The van der Waals surface area contributed by atoms with Crippen molar-refractivity contribution in [2.75, 3.05) is 0 Å². The van der Waals surface area contributed by atoms with Crippen molar-refractivity contribution in [1.29, 1.82) is 0 Å². The summed E-state index contributed by atoms with van der Waals surface area (Å²) in [7, 11) is 0. The van der Waals surface area contributed by atoms with E-state index < -0.39 is 0 Å². The van der Waals surface area contributed by atoms with Gasteiger partial charge >= 0.3 is 142 Å². The van der Waals surface area contributed by atoms with E-state index in [9.17, 15) is 5.53 Å². The normalized spacial score (nSPS) is 12.9. The third-order valence-corrected chi connectivity index (χ3v) is 10.6. The minimum absolute atomic E-state index is 0.878. The molecule has 2 aromatic rings. The van der Waals surface area contributed by atoms with Crippen LogP contribution in [0.15, 0.2) is 60.2 Å². The predicted octanol–water partition coefficient (Wildman–Crippen LogP) is 15.0. The van der Waals surface area contributed by atoms with Gasteiger partial charge in [-0.1, -0.05) is 51.5 Å². The Morgan fingerprint density at radius 2 is 0.979 bits per heavy atom. The van der Waals surface area contributed by atoms with E-state index in [0.717, 1.165) is 54.6 Å². The van der Waals surface area contributed by atoms with Crippen LogP contribution in [0.3, 0.4) is 0 Å². The maximum absolute atomic E-state index is 11.1. The van der Waals surface area contributed by atoms with Crippen LogP contribution in [-0.4, -0.2) is 4.70 Å². The van der Waals surface area contributed by atoms with E-state index in [-0.39, 0.29) is 0 Å². The molecule has 1 aliphatic rings. The fraction of sp³-hybridized carbons (Fsp3) is 0.636. The van der Waals surface area contributed by atoms with Gasteiger partial charge in [0.25, 0.3) is 0 Å². The molecule has 0 radical (unpaired) electrons. The number of nitrogens with zero attached hydrogens (tertiary/aromatic N) is 2. The van der Waals surface area contributed by atoms with Crippen LogP contribution in [0.1, 0.15) is 179 Å². The molecule has 2 nitrogen and oxygen atoms in total. The molecule has 0 unspecified atom stereocenters. The summed E-state index contributed by atoms with van der Waals surface area (Å²) in [6.45, 7) is 11.1. The number of hydrogen-bond acceptors (Lipinski definition) is 0. The van der Waals surface area contributed by atoms with Gasteiger partial charge in [0.15, 0.2) is 0 Å². The average molecular weight is 686 g/mol. The Morgan fingerprint density at radius 3 is 1.47 bits per heavy atom. The quantitative estimate of drug-likeness (QED) is 0.0565. The van der Waals surface area contributed by atoms with Gasteiger partial charge in [-0.05, 0) is 61.1 Å². The van der Waals surface area contributed by atoms with Crippen LogP contribution in [-0.2, 0) is 27.3 Å². The standard InChI is InChI=1S/C24H28N2.2C10H21.Ni/c1-4-7-12-22-17-23(20-13-8-10-18(5-2)15-20)26(25)24(22)21-14-9-11-19(6-3)16-21;2*1-3-5-7-9-10-8-6-4-2;/h8-11,13-17H,4-7,12H2,1-3H3;2*1,3-10H2,2H3;.